The summed E-state index contributed by atoms with van der Waals surface area (Å²) >= 11 is 0. The molecule has 0 saturated heterocycles. The summed E-state index contributed by atoms with van der Waals surface area (Å²) in [5.41, 5.74) is 0.818. The van der Waals surface area contributed by atoms with Crippen molar-refractivity contribution in [2.45, 2.75) is 103 Å². The van der Waals surface area contributed by atoms with Crippen LogP contribution in [0.15, 0.2) is 18.2 Å². The molecule has 0 aliphatic carbocycles. The minimum atomic E-state index is -0.957. The average Bonchev–Trinajstić information content (AvgIpc) is 2.62. The Hall–Kier alpha value is -1.51. The Bertz CT molecular complexity index is 496. The van der Waals surface area contributed by atoms with Crippen molar-refractivity contribution < 1.29 is 15.0 Å². The lowest BCUT2D eigenvalue weighted by molar-refractivity contribution is 0.0695. The molecular formula is C23H38O3. The number of hydrogen-bond donors (Lipinski definition) is 2. The lowest BCUT2D eigenvalue weighted by Gasteiger charge is -2.08. The molecule has 0 saturated carbocycles. The number of rotatable bonds is 16. The molecule has 0 radical (unpaired) electrons. The molecule has 0 aliphatic heterocycles. The maximum Gasteiger partial charge on any atom is 0.336 e. The largest absolute Gasteiger partial charge is 0.508 e. The number of phenolic OH excluding ortho intramolecular Hbond substituents is 1. The summed E-state index contributed by atoms with van der Waals surface area (Å²) in [4.78, 5) is 11.2. The topological polar surface area (TPSA) is 57.5 Å². The third kappa shape index (κ3) is 9.84. The molecule has 0 aromatic heterocycles. The lowest BCUT2D eigenvalue weighted by atomic mass is 9.99. The van der Waals surface area contributed by atoms with Crippen LogP contribution in [0.1, 0.15) is 113 Å². The minimum Gasteiger partial charge on any atom is -0.508 e. The molecule has 0 atom stereocenters. The molecule has 0 fully saturated rings. The third-order valence-corrected chi connectivity index (χ3v) is 5.16. The van der Waals surface area contributed by atoms with Gasteiger partial charge in [0.2, 0.25) is 0 Å². The van der Waals surface area contributed by atoms with E-state index in [-0.39, 0.29) is 11.3 Å². The Morgan fingerprint density at radius 2 is 1.23 bits per heavy atom. The SMILES string of the molecule is CCCCCCCCCCCCCCCCc1c(O)cccc1C(=O)O. The van der Waals surface area contributed by atoms with Crippen LogP contribution in [0, 0.1) is 0 Å². The molecule has 0 amide bonds. The van der Waals surface area contributed by atoms with E-state index in [9.17, 15) is 15.0 Å². The first-order valence-corrected chi connectivity index (χ1v) is 10.7. The fourth-order valence-electron chi connectivity index (χ4n) is 3.53. The van der Waals surface area contributed by atoms with Crippen LogP contribution < -0.4 is 0 Å². The Kier molecular flexibility index (Phi) is 12.7. The zero-order valence-electron chi connectivity index (χ0n) is 16.6. The van der Waals surface area contributed by atoms with Gasteiger partial charge >= 0.3 is 5.97 Å². The van der Waals surface area contributed by atoms with Gasteiger partial charge in [-0.3, -0.25) is 0 Å². The zero-order chi connectivity index (χ0) is 19.0. The van der Waals surface area contributed by atoms with Crippen molar-refractivity contribution in [2.24, 2.45) is 0 Å². The average molecular weight is 363 g/mol. The number of carboxylic acid groups (broad SMARTS) is 1. The van der Waals surface area contributed by atoms with E-state index in [1.165, 1.54) is 77.0 Å². The van der Waals surface area contributed by atoms with Gasteiger partial charge in [0, 0.05) is 5.56 Å². The van der Waals surface area contributed by atoms with Crippen LogP contribution in [0.4, 0.5) is 0 Å². The molecule has 148 valence electrons. The Labute approximate surface area is 159 Å². The number of carboxylic acids is 1. The second-order valence-electron chi connectivity index (χ2n) is 7.45. The first kappa shape index (κ1) is 22.5. The van der Waals surface area contributed by atoms with Gasteiger partial charge < -0.3 is 10.2 Å². The standard InChI is InChI=1S/C23H38O3/c1-2-3-4-5-6-7-8-9-10-11-12-13-14-15-17-20-21(23(25)26)18-16-19-22(20)24/h16,18-19,24H,2-15,17H2,1H3,(H,25,26). The first-order chi connectivity index (χ1) is 12.7. The molecule has 2 N–H and O–H groups in total. The second-order valence-corrected chi connectivity index (χ2v) is 7.45. The summed E-state index contributed by atoms with van der Waals surface area (Å²) in [6.07, 6.45) is 18.9. The summed E-state index contributed by atoms with van der Waals surface area (Å²) < 4.78 is 0. The van der Waals surface area contributed by atoms with Gasteiger partial charge in [0.1, 0.15) is 5.75 Å². The van der Waals surface area contributed by atoms with E-state index < -0.39 is 5.97 Å². The van der Waals surface area contributed by atoms with Crippen LogP contribution in [-0.4, -0.2) is 16.2 Å². The van der Waals surface area contributed by atoms with E-state index in [1.54, 1.807) is 18.2 Å². The lowest BCUT2D eigenvalue weighted by Crippen LogP contribution is -2.02. The van der Waals surface area contributed by atoms with E-state index in [0.717, 1.165) is 12.8 Å². The number of benzene rings is 1. The number of hydrogen-bond acceptors (Lipinski definition) is 2. The van der Waals surface area contributed by atoms with Crippen molar-refractivity contribution in [1.29, 1.82) is 0 Å². The van der Waals surface area contributed by atoms with Crippen LogP contribution in [0.3, 0.4) is 0 Å². The molecule has 3 nitrogen and oxygen atoms in total. The third-order valence-electron chi connectivity index (χ3n) is 5.16. The van der Waals surface area contributed by atoms with Gasteiger partial charge in [-0.05, 0) is 25.0 Å². The molecule has 0 heterocycles. The molecule has 3 heteroatoms. The van der Waals surface area contributed by atoms with E-state index in [2.05, 4.69) is 6.92 Å². The maximum absolute atomic E-state index is 11.2. The Balaban J connectivity index is 1.98. The van der Waals surface area contributed by atoms with Crippen molar-refractivity contribution in [3.8, 4) is 5.75 Å². The number of phenols is 1. The van der Waals surface area contributed by atoms with Crippen LogP contribution in [0.2, 0.25) is 0 Å². The quantitative estimate of drug-likeness (QED) is 0.308. The highest BCUT2D eigenvalue weighted by molar-refractivity contribution is 5.90. The van der Waals surface area contributed by atoms with Crippen LogP contribution in [-0.2, 0) is 6.42 Å². The van der Waals surface area contributed by atoms with Crippen molar-refractivity contribution in [3.63, 3.8) is 0 Å². The fraction of sp³-hybridized carbons (Fsp3) is 0.696. The summed E-state index contributed by atoms with van der Waals surface area (Å²) in [7, 11) is 0. The maximum atomic E-state index is 11.2. The summed E-state index contributed by atoms with van der Waals surface area (Å²) in [6, 6.07) is 4.74. The number of aromatic hydroxyl groups is 1. The number of carbonyl (C=O) groups is 1. The molecule has 1 aromatic carbocycles. The monoisotopic (exact) mass is 362 g/mol. The smallest absolute Gasteiger partial charge is 0.336 e. The van der Waals surface area contributed by atoms with Crippen LogP contribution in [0.5, 0.6) is 5.75 Å². The predicted octanol–water partition coefficient (Wildman–Crippen LogP) is 7.11. The van der Waals surface area contributed by atoms with Gasteiger partial charge in [-0.25, -0.2) is 4.79 Å². The van der Waals surface area contributed by atoms with Crippen molar-refractivity contribution in [3.05, 3.63) is 29.3 Å². The summed E-state index contributed by atoms with van der Waals surface area (Å²) in [5.74, 6) is -0.846. The first-order valence-electron chi connectivity index (χ1n) is 10.7. The van der Waals surface area contributed by atoms with E-state index in [0.29, 0.717) is 12.0 Å². The molecule has 0 unspecified atom stereocenters. The van der Waals surface area contributed by atoms with Gasteiger partial charge in [-0.1, -0.05) is 96.5 Å². The fourth-order valence-corrected chi connectivity index (χ4v) is 3.53. The Morgan fingerprint density at radius 3 is 1.69 bits per heavy atom. The van der Waals surface area contributed by atoms with E-state index in [4.69, 9.17) is 0 Å². The zero-order valence-corrected chi connectivity index (χ0v) is 16.6. The van der Waals surface area contributed by atoms with Gasteiger partial charge in [0.15, 0.2) is 0 Å². The van der Waals surface area contributed by atoms with E-state index >= 15 is 0 Å². The van der Waals surface area contributed by atoms with Crippen LogP contribution in [0.25, 0.3) is 0 Å². The van der Waals surface area contributed by atoms with Gasteiger partial charge in [-0.2, -0.15) is 0 Å². The molecule has 26 heavy (non-hydrogen) atoms. The highest BCUT2D eigenvalue weighted by atomic mass is 16.4. The highest BCUT2D eigenvalue weighted by Gasteiger charge is 2.12. The second kappa shape index (κ2) is 14.6. The molecular weight excluding hydrogens is 324 g/mol. The molecule has 1 aromatic rings. The number of aromatic carboxylic acids is 1. The predicted molar refractivity (Wildman–Crippen MR) is 109 cm³/mol. The van der Waals surface area contributed by atoms with Crippen molar-refractivity contribution in [1.82, 2.24) is 0 Å². The summed E-state index contributed by atoms with van der Waals surface area (Å²) in [5, 5.41) is 19.1. The van der Waals surface area contributed by atoms with Gasteiger partial charge in [0.25, 0.3) is 0 Å². The molecule has 0 bridgehead atoms. The van der Waals surface area contributed by atoms with Gasteiger partial charge in [-0.15, -0.1) is 0 Å². The van der Waals surface area contributed by atoms with Crippen molar-refractivity contribution >= 4 is 5.97 Å². The molecule has 1 rings (SSSR count). The van der Waals surface area contributed by atoms with E-state index in [1.807, 2.05) is 0 Å². The number of unbranched alkanes of at least 4 members (excludes halogenated alkanes) is 13. The Morgan fingerprint density at radius 1 is 0.769 bits per heavy atom. The van der Waals surface area contributed by atoms with Crippen molar-refractivity contribution in [2.75, 3.05) is 0 Å². The summed E-state index contributed by atoms with van der Waals surface area (Å²) in [6.45, 7) is 2.26. The molecule has 0 aliphatic rings. The highest BCUT2D eigenvalue weighted by Crippen LogP contribution is 2.24. The van der Waals surface area contributed by atoms with Crippen LogP contribution >= 0.6 is 0 Å². The minimum absolute atomic E-state index is 0.111. The molecule has 0 spiro atoms. The van der Waals surface area contributed by atoms with Gasteiger partial charge in [0.05, 0.1) is 5.56 Å². The normalized spacial score (nSPS) is 11.0.